The summed E-state index contributed by atoms with van der Waals surface area (Å²) in [6.45, 7) is 0. The van der Waals surface area contributed by atoms with Gasteiger partial charge >= 0.3 is 0 Å². The molecular formula is C12H11ClN2. The van der Waals surface area contributed by atoms with Gasteiger partial charge in [-0.25, -0.2) is 0 Å². The highest BCUT2D eigenvalue weighted by atomic mass is 35.5. The second kappa shape index (κ2) is 3.83. The summed E-state index contributed by atoms with van der Waals surface area (Å²) in [6, 6.07) is 13.1. The molecule has 0 radical (unpaired) electrons. The maximum absolute atomic E-state index is 6.11. The number of halogens is 1. The van der Waals surface area contributed by atoms with Crippen molar-refractivity contribution in [2.24, 2.45) is 0 Å². The van der Waals surface area contributed by atoms with Gasteiger partial charge in [-0.1, -0.05) is 35.9 Å². The summed E-state index contributed by atoms with van der Waals surface area (Å²) in [7, 11) is 0. The van der Waals surface area contributed by atoms with Gasteiger partial charge < -0.3 is 11.5 Å². The molecule has 3 heteroatoms. The predicted molar refractivity (Wildman–Crippen MR) is 65.7 cm³/mol. The number of benzene rings is 2. The molecule has 0 spiro atoms. The van der Waals surface area contributed by atoms with Crippen molar-refractivity contribution in [3.8, 4) is 11.1 Å². The minimum absolute atomic E-state index is 0.585. The smallest absolute Gasteiger partial charge is 0.0713 e. The number of hydrogen-bond donors (Lipinski definition) is 2. The molecular weight excluding hydrogens is 208 g/mol. The van der Waals surface area contributed by atoms with Crippen LogP contribution in [0.15, 0.2) is 42.5 Å². The van der Waals surface area contributed by atoms with E-state index in [1.165, 1.54) is 0 Å². The van der Waals surface area contributed by atoms with Gasteiger partial charge in [-0.2, -0.15) is 0 Å². The third-order valence-electron chi connectivity index (χ3n) is 2.25. The van der Waals surface area contributed by atoms with Gasteiger partial charge in [0.2, 0.25) is 0 Å². The number of hydrogen-bond acceptors (Lipinski definition) is 2. The lowest BCUT2D eigenvalue weighted by Crippen LogP contribution is -1.89. The number of nitrogens with two attached hydrogens (primary N) is 2. The Morgan fingerprint density at radius 3 is 2.20 bits per heavy atom. The molecule has 15 heavy (non-hydrogen) atoms. The number of nitrogen functional groups attached to an aromatic ring is 2. The minimum atomic E-state index is 0.585. The average Bonchev–Trinajstić information content (AvgIpc) is 2.24. The second-order valence-corrected chi connectivity index (χ2v) is 3.71. The Morgan fingerprint density at radius 2 is 1.53 bits per heavy atom. The Kier molecular flexibility index (Phi) is 2.52. The van der Waals surface area contributed by atoms with Crippen LogP contribution < -0.4 is 11.5 Å². The van der Waals surface area contributed by atoms with Crippen LogP contribution in [0.4, 0.5) is 11.4 Å². The van der Waals surface area contributed by atoms with E-state index in [4.69, 9.17) is 23.1 Å². The van der Waals surface area contributed by atoms with E-state index < -0.39 is 0 Å². The van der Waals surface area contributed by atoms with Crippen molar-refractivity contribution in [2.45, 2.75) is 0 Å². The quantitative estimate of drug-likeness (QED) is 0.723. The first-order valence-corrected chi connectivity index (χ1v) is 4.96. The largest absolute Gasteiger partial charge is 0.399 e. The summed E-state index contributed by atoms with van der Waals surface area (Å²) < 4.78 is 0. The molecule has 0 bridgehead atoms. The lowest BCUT2D eigenvalue weighted by molar-refractivity contribution is 1.61. The summed E-state index contributed by atoms with van der Waals surface area (Å²) in [5.41, 5.74) is 14.6. The van der Waals surface area contributed by atoms with Gasteiger partial charge in [-0.3, -0.25) is 0 Å². The van der Waals surface area contributed by atoms with Crippen LogP contribution in [-0.4, -0.2) is 0 Å². The first kappa shape index (κ1) is 9.87. The van der Waals surface area contributed by atoms with Crippen LogP contribution in [0.25, 0.3) is 11.1 Å². The Labute approximate surface area is 93.5 Å². The summed E-state index contributed by atoms with van der Waals surface area (Å²) in [5, 5.41) is 0.585. The van der Waals surface area contributed by atoms with Gasteiger partial charge in [-0.05, 0) is 23.8 Å². The fraction of sp³-hybridized carbons (Fsp3) is 0. The zero-order chi connectivity index (χ0) is 10.8. The molecule has 0 fully saturated rings. The van der Waals surface area contributed by atoms with Gasteiger partial charge in [0.05, 0.1) is 10.7 Å². The van der Waals surface area contributed by atoms with Gasteiger partial charge in [0.25, 0.3) is 0 Å². The SMILES string of the molecule is Nc1ccc(-c2cccc(N)c2Cl)cc1. The summed E-state index contributed by atoms with van der Waals surface area (Å²) >= 11 is 6.11. The molecule has 0 aliphatic heterocycles. The van der Waals surface area contributed by atoms with Crippen LogP contribution in [0.3, 0.4) is 0 Å². The van der Waals surface area contributed by atoms with Gasteiger partial charge in [-0.15, -0.1) is 0 Å². The Bertz CT molecular complexity index is 477. The van der Waals surface area contributed by atoms with Gasteiger partial charge in [0.15, 0.2) is 0 Å². The second-order valence-electron chi connectivity index (χ2n) is 3.33. The lowest BCUT2D eigenvalue weighted by atomic mass is 10.0. The van der Waals surface area contributed by atoms with Crippen LogP contribution in [0.5, 0.6) is 0 Å². The standard InChI is InChI=1S/C12H11ClN2/c13-12-10(2-1-3-11(12)15)8-4-6-9(14)7-5-8/h1-7H,14-15H2. The highest BCUT2D eigenvalue weighted by molar-refractivity contribution is 6.35. The van der Waals surface area contributed by atoms with E-state index in [1.54, 1.807) is 6.07 Å². The molecule has 76 valence electrons. The van der Waals surface area contributed by atoms with Gasteiger partial charge in [0, 0.05) is 11.3 Å². The van der Waals surface area contributed by atoms with Crippen molar-refractivity contribution in [1.29, 1.82) is 0 Å². The lowest BCUT2D eigenvalue weighted by Gasteiger charge is -2.06. The van der Waals surface area contributed by atoms with Crippen LogP contribution >= 0.6 is 11.6 Å². The normalized spacial score (nSPS) is 10.2. The molecule has 2 aromatic carbocycles. The van der Waals surface area contributed by atoms with Gasteiger partial charge in [0.1, 0.15) is 0 Å². The van der Waals surface area contributed by atoms with Crippen molar-refractivity contribution in [3.05, 3.63) is 47.5 Å². The van der Waals surface area contributed by atoms with E-state index >= 15 is 0 Å². The molecule has 2 aromatic rings. The molecule has 0 aliphatic carbocycles. The fourth-order valence-electron chi connectivity index (χ4n) is 1.44. The highest BCUT2D eigenvalue weighted by Crippen LogP contribution is 2.32. The molecule has 0 saturated carbocycles. The third kappa shape index (κ3) is 1.90. The molecule has 0 aliphatic rings. The topological polar surface area (TPSA) is 52.0 Å². The molecule has 0 atom stereocenters. The Morgan fingerprint density at radius 1 is 0.867 bits per heavy atom. The molecule has 4 N–H and O–H groups in total. The highest BCUT2D eigenvalue weighted by Gasteiger charge is 2.05. The van der Waals surface area contributed by atoms with Crippen molar-refractivity contribution < 1.29 is 0 Å². The van der Waals surface area contributed by atoms with E-state index in [9.17, 15) is 0 Å². The Hall–Kier alpha value is -1.67. The Balaban J connectivity index is 2.54. The summed E-state index contributed by atoms with van der Waals surface area (Å²) in [6.07, 6.45) is 0. The molecule has 0 amide bonds. The van der Waals surface area contributed by atoms with E-state index in [-0.39, 0.29) is 0 Å². The number of rotatable bonds is 1. The van der Waals surface area contributed by atoms with E-state index in [0.29, 0.717) is 10.7 Å². The maximum atomic E-state index is 6.11. The molecule has 0 heterocycles. The van der Waals surface area contributed by atoms with Crippen molar-refractivity contribution in [2.75, 3.05) is 11.5 Å². The molecule has 0 saturated heterocycles. The maximum Gasteiger partial charge on any atom is 0.0713 e. The molecule has 2 nitrogen and oxygen atoms in total. The minimum Gasteiger partial charge on any atom is -0.399 e. The molecule has 0 unspecified atom stereocenters. The predicted octanol–water partition coefficient (Wildman–Crippen LogP) is 3.17. The van der Waals surface area contributed by atoms with Crippen LogP contribution in [-0.2, 0) is 0 Å². The zero-order valence-corrected chi connectivity index (χ0v) is 8.83. The van der Waals surface area contributed by atoms with E-state index in [0.717, 1.165) is 16.8 Å². The average molecular weight is 219 g/mol. The number of anilines is 2. The molecule has 0 aromatic heterocycles. The summed E-state index contributed by atoms with van der Waals surface area (Å²) in [5.74, 6) is 0. The molecule has 2 rings (SSSR count). The monoisotopic (exact) mass is 218 g/mol. The van der Waals surface area contributed by atoms with Crippen LogP contribution in [0, 0.1) is 0 Å². The zero-order valence-electron chi connectivity index (χ0n) is 8.07. The van der Waals surface area contributed by atoms with Crippen molar-refractivity contribution in [3.63, 3.8) is 0 Å². The van der Waals surface area contributed by atoms with Crippen LogP contribution in [0.2, 0.25) is 5.02 Å². The van der Waals surface area contributed by atoms with E-state index in [2.05, 4.69) is 0 Å². The van der Waals surface area contributed by atoms with Crippen molar-refractivity contribution >= 4 is 23.0 Å². The van der Waals surface area contributed by atoms with Crippen LogP contribution in [0.1, 0.15) is 0 Å². The van der Waals surface area contributed by atoms with E-state index in [1.807, 2.05) is 36.4 Å². The first-order chi connectivity index (χ1) is 7.18. The fourth-order valence-corrected chi connectivity index (χ4v) is 1.67. The first-order valence-electron chi connectivity index (χ1n) is 4.58. The third-order valence-corrected chi connectivity index (χ3v) is 2.67. The van der Waals surface area contributed by atoms with Crippen molar-refractivity contribution in [1.82, 2.24) is 0 Å². The summed E-state index contributed by atoms with van der Waals surface area (Å²) in [4.78, 5) is 0.